The van der Waals surface area contributed by atoms with Crippen LogP contribution in [-0.4, -0.2) is 16.6 Å². The quantitative estimate of drug-likeness (QED) is 0.792. The van der Waals surface area contributed by atoms with Gasteiger partial charge in [0.05, 0.1) is 11.7 Å². The number of para-hydroxylation sites is 1. The van der Waals surface area contributed by atoms with Crippen LogP contribution in [0.2, 0.25) is 0 Å². The smallest absolute Gasteiger partial charge is 0.408 e. The Kier molecular flexibility index (Phi) is 2.36. The van der Waals surface area contributed by atoms with E-state index in [0.29, 0.717) is 16.7 Å². The third-order valence-electron chi connectivity index (χ3n) is 2.23. The first kappa shape index (κ1) is 10.2. The summed E-state index contributed by atoms with van der Waals surface area (Å²) in [6, 6.07) is 7.12. The van der Waals surface area contributed by atoms with E-state index in [9.17, 15) is 9.59 Å². The Morgan fingerprint density at radius 1 is 1.31 bits per heavy atom. The highest BCUT2D eigenvalue weighted by Crippen LogP contribution is 2.27. The summed E-state index contributed by atoms with van der Waals surface area (Å²) < 4.78 is 6.23. The predicted molar refractivity (Wildman–Crippen MR) is 58.4 cm³/mol. The first-order valence-electron chi connectivity index (χ1n) is 4.68. The lowest BCUT2D eigenvalue weighted by Gasteiger charge is -1.96. The van der Waals surface area contributed by atoms with Gasteiger partial charge >= 0.3 is 6.09 Å². The molecular formula is C11H10N2O3. The lowest BCUT2D eigenvalue weighted by molar-refractivity contribution is 0.0941. The molecule has 1 aromatic carbocycles. The number of primary amides is 1. The van der Waals surface area contributed by atoms with Crippen molar-refractivity contribution in [2.24, 2.45) is 5.73 Å². The summed E-state index contributed by atoms with van der Waals surface area (Å²) in [6.07, 6.45) is 0.559. The molecule has 1 amide bonds. The second-order valence-corrected chi connectivity index (χ2v) is 3.32. The molecule has 2 aromatic rings. The third kappa shape index (κ3) is 1.63. The number of hydrogen-bond acceptors (Lipinski definition) is 3. The normalized spacial score (nSPS) is 10.3. The fourth-order valence-electron chi connectivity index (χ4n) is 1.60. The largest absolute Gasteiger partial charge is 0.410 e. The van der Waals surface area contributed by atoms with Crippen molar-refractivity contribution in [3.63, 3.8) is 0 Å². The minimum absolute atomic E-state index is 0.157. The average molecular weight is 218 g/mol. The van der Waals surface area contributed by atoms with Gasteiger partial charge in [0, 0.05) is 12.3 Å². The van der Waals surface area contributed by atoms with Crippen molar-refractivity contribution in [3.8, 4) is 5.75 Å². The van der Waals surface area contributed by atoms with Crippen LogP contribution >= 0.6 is 0 Å². The van der Waals surface area contributed by atoms with E-state index in [2.05, 4.69) is 0 Å². The van der Waals surface area contributed by atoms with Crippen LogP contribution in [-0.2, 0) is 0 Å². The number of ether oxygens (including phenoxy) is 1. The van der Waals surface area contributed by atoms with Gasteiger partial charge < -0.3 is 10.5 Å². The summed E-state index contributed by atoms with van der Waals surface area (Å²) in [4.78, 5) is 22.0. The molecule has 16 heavy (non-hydrogen) atoms. The van der Waals surface area contributed by atoms with Crippen molar-refractivity contribution in [1.82, 2.24) is 4.57 Å². The highest BCUT2D eigenvalue weighted by Gasteiger charge is 2.12. The van der Waals surface area contributed by atoms with Crippen molar-refractivity contribution < 1.29 is 14.3 Å². The Labute approximate surface area is 91.4 Å². The van der Waals surface area contributed by atoms with E-state index in [4.69, 9.17) is 10.5 Å². The van der Waals surface area contributed by atoms with Gasteiger partial charge in [-0.05, 0) is 12.1 Å². The van der Waals surface area contributed by atoms with E-state index >= 15 is 0 Å². The molecule has 1 aromatic heterocycles. The van der Waals surface area contributed by atoms with E-state index in [-0.39, 0.29) is 5.91 Å². The molecule has 0 atom stereocenters. The zero-order valence-electron chi connectivity index (χ0n) is 8.64. The van der Waals surface area contributed by atoms with Crippen molar-refractivity contribution in [1.29, 1.82) is 0 Å². The fourth-order valence-corrected chi connectivity index (χ4v) is 1.60. The summed E-state index contributed by atoms with van der Waals surface area (Å²) in [5, 5.41) is 0.677. The number of benzene rings is 1. The number of amides is 1. The van der Waals surface area contributed by atoms with Gasteiger partial charge in [0.2, 0.25) is 5.91 Å². The maximum atomic E-state index is 11.3. The topological polar surface area (TPSA) is 74.3 Å². The highest BCUT2D eigenvalue weighted by molar-refractivity contribution is 5.96. The molecule has 2 N–H and O–H groups in total. The maximum absolute atomic E-state index is 11.3. The summed E-state index contributed by atoms with van der Waals surface area (Å²) in [7, 11) is 0. The number of carbonyl (C=O) groups is 2. The third-order valence-corrected chi connectivity index (χ3v) is 2.23. The fraction of sp³-hybridized carbons (Fsp3) is 0.0909. The molecule has 0 spiro atoms. The molecule has 0 aliphatic heterocycles. The van der Waals surface area contributed by atoms with Crippen LogP contribution in [0.5, 0.6) is 5.75 Å². The van der Waals surface area contributed by atoms with Crippen molar-refractivity contribution in [3.05, 3.63) is 30.5 Å². The molecule has 0 aliphatic rings. The van der Waals surface area contributed by atoms with Crippen LogP contribution < -0.4 is 10.5 Å². The monoisotopic (exact) mass is 218 g/mol. The van der Waals surface area contributed by atoms with E-state index in [0.717, 1.165) is 0 Å². The van der Waals surface area contributed by atoms with Gasteiger partial charge in [0.25, 0.3) is 0 Å². The van der Waals surface area contributed by atoms with Gasteiger partial charge in [-0.15, -0.1) is 0 Å². The van der Waals surface area contributed by atoms with Crippen molar-refractivity contribution in [2.45, 2.75) is 6.92 Å². The van der Waals surface area contributed by atoms with Gasteiger partial charge in [-0.2, -0.15) is 0 Å². The van der Waals surface area contributed by atoms with E-state index in [1.54, 1.807) is 24.3 Å². The number of aromatic nitrogens is 1. The Hall–Kier alpha value is -2.30. The predicted octanol–water partition coefficient (Wildman–Crippen LogP) is 1.76. The Balaban J connectivity index is 2.66. The molecule has 0 bridgehead atoms. The Bertz CT molecular complexity index is 572. The minimum Gasteiger partial charge on any atom is -0.408 e. The van der Waals surface area contributed by atoms with Gasteiger partial charge in [-0.25, -0.2) is 4.79 Å². The maximum Gasteiger partial charge on any atom is 0.410 e. The molecule has 2 rings (SSSR count). The average Bonchev–Trinajstić information content (AvgIpc) is 2.57. The van der Waals surface area contributed by atoms with Gasteiger partial charge in [-0.3, -0.25) is 9.36 Å². The van der Waals surface area contributed by atoms with Gasteiger partial charge in [0.15, 0.2) is 5.75 Å². The number of fused-ring (bicyclic) bond motifs is 1. The molecule has 0 fully saturated rings. The van der Waals surface area contributed by atoms with E-state index in [1.165, 1.54) is 17.7 Å². The summed E-state index contributed by atoms with van der Waals surface area (Å²) in [5.41, 5.74) is 5.63. The molecule has 0 saturated heterocycles. The molecule has 82 valence electrons. The SMILES string of the molecule is CC(=O)n1cc(OC(N)=O)c2ccccc21. The van der Waals surface area contributed by atoms with Crippen LogP contribution in [0.25, 0.3) is 10.9 Å². The molecule has 5 nitrogen and oxygen atoms in total. The molecular weight excluding hydrogens is 208 g/mol. The molecule has 5 heteroatoms. The Morgan fingerprint density at radius 3 is 2.62 bits per heavy atom. The zero-order valence-corrected chi connectivity index (χ0v) is 8.64. The van der Waals surface area contributed by atoms with Crippen LogP contribution in [0.15, 0.2) is 30.5 Å². The Morgan fingerprint density at radius 2 is 2.00 bits per heavy atom. The second-order valence-electron chi connectivity index (χ2n) is 3.32. The minimum atomic E-state index is -0.897. The lowest BCUT2D eigenvalue weighted by atomic mass is 10.2. The van der Waals surface area contributed by atoms with Crippen molar-refractivity contribution in [2.75, 3.05) is 0 Å². The number of rotatable bonds is 1. The molecule has 1 heterocycles. The molecule has 0 radical (unpaired) electrons. The number of hydrogen-bond donors (Lipinski definition) is 1. The summed E-state index contributed by atoms with van der Waals surface area (Å²) in [5.74, 6) is 0.133. The van der Waals surface area contributed by atoms with Crippen LogP contribution in [0.4, 0.5) is 4.79 Å². The van der Waals surface area contributed by atoms with E-state index < -0.39 is 6.09 Å². The number of nitrogens with zero attached hydrogens (tertiary/aromatic N) is 1. The van der Waals surface area contributed by atoms with Crippen LogP contribution in [0, 0.1) is 0 Å². The van der Waals surface area contributed by atoms with Gasteiger partial charge in [-0.1, -0.05) is 12.1 Å². The number of carbonyl (C=O) groups excluding carboxylic acids is 2. The standard InChI is InChI=1S/C11H10N2O3/c1-7(14)13-6-10(16-11(12)15)8-4-2-3-5-9(8)13/h2-6H,1H3,(H2,12,15). The van der Waals surface area contributed by atoms with Gasteiger partial charge in [0.1, 0.15) is 0 Å². The molecule has 0 saturated carbocycles. The first-order chi connectivity index (χ1) is 7.59. The molecule has 0 unspecified atom stereocenters. The summed E-state index contributed by atoms with van der Waals surface area (Å²) in [6.45, 7) is 1.43. The highest BCUT2D eigenvalue weighted by atomic mass is 16.5. The van der Waals surface area contributed by atoms with Crippen LogP contribution in [0.1, 0.15) is 11.7 Å². The zero-order chi connectivity index (χ0) is 11.7. The van der Waals surface area contributed by atoms with E-state index in [1.807, 2.05) is 0 Å². The second kappa shape index (κ2) is 3.69. The molecule has 0 aliphatic carbocycles. The van der Waals surface area contributed by atoms with Crippen molar-refractivity contribution >= 4 is 22.9 Å². The first-order valence-corrected chi connectivity index (χ1v) is 4.68. The van der Waals surface area contributed by atoms with Crippen LogP contribution in [0.3, 0.4) is 0 Å². The summed E-state index contributed by atoms with van der Waals surface area (Å²) >= 11 is 0. The lowest BCUT2D eigenvalue weighted by Crippen LogP contribution is -2.16. The number of nitrogens with two attached hydrogens (primary N) is 1.